The molecule has 0 atom stereocenters. The Kier molecular flexibility index (Phi) is 6.48. The summed E-state index contributed by atoms with van der Waals surface area (Å²) in [7, 11) is 0. The minimum atomic E-state index is -0.995. The van der Waals surface area contributed by atoms with Gasteiger partial charge < -0.3 is 9.52 Å². The predicted molar refractivity (Wildman–Crippen MR) is 103 cm³/mol. The maximum atomic E-state index is 13.4. The van der Waals surface area contributed by atoms with Gasteiger partial charge in [-0.1, -0.05) is 6.42 Å². The lowest BCUT2D eigenvalue weighted by Crippen LogP contribution is -2.29. The van der Waals surface area contributed by atoms with E-state index in [0.29, 0.717) is 36.3 Å². The van der Waals surface area contributed by atoms with Gasteiger partial charge in [0.2, 0.25) is 0 Å². The van der Waals surface area contributed by atoms with Crippen LogP contribution in [-0.2, 0) is 9.59 Å². The maximum Gasteiger partial charge on any atom is 0.303 e. The molecule has 0 spiro atoms. The number of carbonyl (C=O) groups excluding carboxylic acids is 2. The molecule has 0 unspecified atom stereocenters. The van der Waals surface area contributed by atoms with Gasteiger partial charge in [0.1, 0.15) is 11.5 Å². The van der Waals surface area contributed by atoms with Crippen molar-refractivity contribution in [1.29, 1.82) is 0 Å². The van der Waals surface area contributed by atoms with Crippen molar-refractivity contribution in [2.24, 2.45) is 0 Å². The number of thioether (sulfide) groups is 1. The Bertz CT molecular complexity index is 985. The normalized spacial score (nSPS) is 15.5. The Morgan fingerprint density at radius 3 is 2.62 bits per heavy atom. The fraction of sp³-hybridized carbons (Fsp3) is 0.250. The summed E-state index contributed by atoms with van der Waals surface area (Å²) in [6.45, 7) is 0.222. The number of rotatable bonds is 8. The topological polar surface area (TPSA) is 87.8 Å². The van der Waals surface area contributed by atoms with Gasteiger partial charge in [-0.05, 0) is 54.9 Å². The Morgan fingerprint density at radius 2 is 1.90 bits per heavy atom. The summed E-state index contributed by atoms with van der Waals surface area (Å²) >= 11 is 0.790. The second kappa shape index (κ2) is 9.04. The Balaban J connectivity index is 1.64. The van der Waals surface area contributed by atoms with Crippen molar-refractivity contribution in [1.82, 2.24) is 4.90 Å². The zero-order chi connectivity index (χ0) is 21.0. The van der Waals surface area contributed by atoms with Gasteiger partial charge in [0.25, 0.3) is 11.1 Å². The van der Waals surface area contributed by atoms with E-state index in [2.05, 4.69) is 0 Å². The molecule has 1 aromatic carbocycles. The van der Waals surface area contributed by atoms with Crippen molar-refractivity contribution >= 4 is 35.0 Å². The third-order valence-corrected chi connectivity index (χ3v) is 5.16. The van der Waals surface area contributed by atoms with E-state index in [4.69, 9.17) is 9.52 Å². The van der Waals surface area contributed by atoms with Gasteiger partial charge in [0.15, 0.2) is 11.6 Å². The lowest BCUT2D eigenvalue weighted by atomic mass is 10.1. The van der Waals surface area contributed by atoms with Crippen LogP contribution in [0.2, 0.25) is 0 Å². The van der Waals surface area contributed by atoms with Gasteiger partial charge in [0, 0.05) is 24.6 Å². The smallest absolute Gasteiger partial charge is 0.303 e. The van der Waals surface area contributed by atoms with Crippen molar-refractivity contribution in [3.05, 3.63) is 52.6 Å². The summed E-state index contributed by atoms with van der Waals surface area (Å²) < 4.78 is 32.0. The lowest BCUT2D eigenvalue weighted by molar-refractivity contribution is -0.137. The monoisotopic (exact) mass is 421 g/mol. The van der Waals surface area contributed by atoms with Gasteiger partial charge in [-0.2, -0.15) is 0 Å². The molecule has 0 aliphatic carbocycles. The van der Waals surface area contributed by atoms with Crippen LogP contribution >= 0.6 is 11.8 Å². The molecule has 1 aliphatic rings. The number of amides is 2. The standard InChI is InChI=1S/C20H17F2NO5S/c21-14-7-5-12(10-15(14)22)16-8-6-13(28-16)11-17-19(26)23(20(27)29-17)9-3-1-2-4-18(24)25/h5-8,10-11H,1-4,9H2,(H,24,25). The van der Waals surface area contributed by atoms with Crippen LogP contribution in [0.5, 0.6) is 0 Å². The minimum Gasteiger partial charge on any atom is -0.481 e. The van der Waals surface area contributed by atoms with E-state index >= 15 is 0 Å². The van der Waals surface area contributed by atoms with Crippen molar-refractivity contribution in [2.75, 3.05) is 6.54 Å². The first-order valence-corrected chi connectivity index (χ1v) is 9.69. The van der Waals surface area contributed by atoms with Crippen LogP contribution in [0.3, 0.4) is 0 Å². The molecule has 1 aliphatic heterocycles. The molecule has 152 valence electrons. The van der Waals surface area contributed by atoms with Crippen LogP contribution in [-0.4, -0.2) is 33.7 Å². The summed E-state index contributed by atoms with van der Waals surface area (Å²) in [5, 5.41) is 8.21. The SMILES string of the molecule is O=C(O)CCCCCN1C(=O)SC(=Cc2ccc(-c3ccc(F)c(F)c3)o2)C1=O. The maximum absolute atomic E-state index is 13.4. The average Bonchev–Trinajstić information content (AvgIpc) is 3.23. The molecule has 2 aromatic rings. The van der Waals surface area contributed by atoms with Crippen molar-refractivity contribution in [3.8, 4) is 11.3 Å². The Hall–Kier alpha value is -2.94. The molecule has 2 amide bonds. The third kappa shape index (κ3) is 5.11. The molecule has 9 heteroatoms. The number of hydrogen-bond donors (Lipinski definition) is 1. The van der Waals surface area contributed by atoms with E-state index in [1.165, 1.54) is 12.1 Å². The van der Waals surface area contributed by atoms with Crippen LogP contribution < -0.4 is 0 Å². The fourth-order valence-electron chi connectivity index (χ4n) is 2.78. The second-order valence-corrected chi connectivity index (χ2v) is 7.36. The lowest BCUT2D eigenvalue weighted by Gasteiger charge is -2.11. The number of benzene rings is 1. The largest absolute Gasteiger partial charge is 0.481 e. The molecular formula is C20H17F2NO5S. The molecule has 3 rings (SSSR count). The number of carbonyl (C=O) groups is 3. The molecule has 1 saturated heterocycles. The third-order valence-electron chi connectivity index (χ3n) is 4.25. The summed E-state index contributed by atoms with van der Waals surface area (Å²) in [6.07, 6.45) is 3.10. The number of aliphatic carboxylic acids is 1. The first-order chi connectivity index (χ1) is 13.8. The van der Waals surface area contributed by atoms with Crippen LogP contribution in [0.25, 0.3) is 17.4 Å². The molecule has 0 radical (unpaired) electrons. The molecule has 1 N–H and O–H groups in total. The summed E-state index contributed by atoms with van der Waals surface area (Å²) in [5.41, 5.74) is 0.345. The van der Waals surface area contributed by atoms with Gasteiger partial charge in [-0.15, -0.1) is 0 Å². The van der Waals surface area contributed by atoms with Gasteiger partial charge in [0.05, 0.1) is 4.91 Å². The van der Waals surface area contributed by atoms with Crippen molar-refractivity contribution < 1.29 is 32.7 Å². The first-order valence-electron chi connectivity index (χ1n) is 8.87. The van der Waals surface area contributed by atoms with E-state index < -0.39 is 28.8 Å². The number of nitrogens with zero attached hydrogens (tertiary/aromatic N) is 1. The number of imide groups is 1. The molecule has 0 bridgehead atoms. The van der Waals surface area contributed by atoms with Crippen LogP contribution in [0.1, 0.15) is 31.4 Å². The Labute approximate surface area is 169 Å². The Morgan fingerprint density at radius 1 is 1.10 bits per heavy atom. The van der Waals surface area contributed by atoms with Gasteiger partial charge >= 0.3 is 5.97 Å². The van der Waals surface area contributed by atoms with Crippen LogP contribution in [0.15, 0.2) is 39.7 Å². The zero-order valence-electron chi connectivity index (χ0n) is 15.2. The van der Waals surface area contributed by atoms with E-state index in [1.807, 2.05) is 0 Å². The highest BCUT2D eigenvalue weighted by Crippen LogP contribution is 2.33. The molecule has 6 nitrogen and oxygen atoms in total. The summed E-state index contributed by atoms with van der Waals surface area (Å²) in [4.78, 5) is 36.3. The summed E-state index contributed by atoms with van der Waals surface area (Å²) in [5.74, 6) is -2.67. The minimum absolute atomic E-state index is 0.0561. The number of furan rings is 1. The van der Waals surface area contributed by atoms with E-state index in [1.54, 1.807) is 12.1 Å². The number of hydrogen-bond acceptors (Lipinski definition) is 5. The van der Waals surface area contributed by atoms with Crippen LogP contribution in [0.4, 0.5) is 13.6 Å². The molecule has 2 heterocycles. The number of halogens is 2. The highest BCUT2D eigenvalue weighted by Gasteiger charge is 2.34. The highest BCUT2D eigenvalue weighted by molar-refractivity contribution is 8.18. The molecule has 0 saturated carbocycles. The second-order valence-electron chi connectivity index (χ2n) is 6.37. The highest BCUT2D eigenvalue weighted by atomic mass is 32.2. The van der Waals surface area contributed by atoms with Gasteiger partial charge in [-0.25, -0.2) is 8.78 Å². The van der Waals surface area contributed by atoms with E-state index in [0.717, 1.165) is 28.8 Å². The fourth-order valence-corrected chi connectivity index (χ4v) is 3.62. The summed E-state index contributed by atoms with van der Waals surface area (Å²) in [6, 6.07) is 6.51. The molecule has 1 aromatic heterocycles. The predicted octanol–water partition coefficient (Wildman–Crippen LogP) is 4.91. The molecule has 1 fully saturated rings. The zero-order valence-corrected chi connectivity index (χ0v) is 16.0. The number of carboxylic acid groups (broad SMARTS) is 1. The van der Waals surface area contributed by atoms with E-state index in [-0.39, 0.29) is 17.9 Å². The van der Waals surface area contributed by atoms with Gasteiger partial charge in [-0.3, -0.25) is 19.3 Å². The number of carboxylic acids is 1. The van der Waals surface area contributed by atoms with Crippen molar-refractivity contribution in [3.63, 3.8) is 0 Å². The average molecular weight is 421 g/mol. The quantitative estimate of drug-likeness (QED) is 0.482. The first kappa shape index (κ1) is 20.8. The molecule has 29 heavy (non-hydrogen) atoms. The van der Waals surface area contributed by atoms with Crippen molar-refractivity contribution in [2.45, 2.75) is 25.7 Å². The van der Waals surface area contributed by atoms with Crippen LogP contribution in [0, 0.1) is 11.6 Å². The number of unbranched alkanes of at least 4 members (excludes halogenated alkanes) is 2. The molecular weight excluding hydrogens is 404 g/mol. The van der Waals surface area contributed by atoms with E-state index in [9.17, 15) is 23.2 Å².